The van der Waals surface area contributed by atoms with Crippen molar-refractivity contribution in [1.82, 2.24) is 0 Å². The zero-order valence-electron chi connectivity index (χ0n) is 10.2. The largest absolute Gasteiger partial charge is 0.496 e. The molecule has 0 aliphatic carbocycles. The Kier molecular flexibility index (Phi) is 5.15. The van der Waals surface area contributed by atoms with E-state index in [-0.39, 0.29) is 11.2 Å². The maximum Gasteiger partial charge on any atom is 0.306 e. The second-order valence-corrected chi connectivity index (χ2v) is 5.10. The van der Waals surface area contributed by atoms with Gasteiger partial charge in [-0.15, -0.1) is 11.8 Å². The number of anilines is 1. The van der Waals surface area contributed by atoms with E-state index in [2.05, 4.69) is 4.74 Å². The van der Waals surface area contributed by atoms with E-state index in [9.17, 15) is 4.79 Å². The van der Waals surface area contributed by atoms with E-state index in [1.165, 1.54) is 7.11 Å². The molecule has 0 spiro atoms. The number of ether oxygens (including phenoxy) is 2. The summed E-state index contributed by atoms with van der Waals surface area (Å²) in [5, 5.41) is 0.125. The fourth-order valence-corrected chi connectivity index (χ4v) is 2.42. The molecule has 0 heterocycles. The number of esters is 1. The van der Waals surface area contributed by atoms with Crippen molar-refractivity contribution in [3.8, 4) is 5.75 Å². The Morgan fingerprint density at radius 3 is 2.76 bits per heavy atom. The molecule has 1 aromatic carbocycles. The second kappa shape index (κ2) is 6.39. The van der Waals surface area contributed by atoms with Crippen LogP contribution in [0.3, 0.4) is 0 Å². The van der Waals surface area contributed by atoms with Gasteiger partial charge in [0.2, 0.25) is 0 Å². The van der Waals surface area contributed by atoms with Crippen LogP contribution in [-0.2, 0) is 9.53 Å². The van der Waals surface area contributed by atoms with Gasteiger partial charge in [0.1, 0.15) is 5.75 Å². The van der Waals surface area contributed by atoms with Crippen molar-refractivity contribution < 1.29 is 14.3 Å². The van der Waals surface area contributed by atoms with E-state index >= 15 is 0 Å². The van der Waals surface area contributed by atoms with E-state index in [4.69, 9.17) is 10.5 Å². The van der Waals surface area contributed by atoms with Crippen molar-refractivity contribution in [2.24, 2.45) is 0 Å². The molecular formula is C12H17NO3S. The highest BCUT2D eigenvalue weighted by atomic mass is 32.2. The summed E-state index contributed by atoms with van der Waals surface area (Å²) in [5.41, 5.74) is 6.33. The van der Waals surface area contributed by atoms with Crippen LogP contribution in [0.25, 0.3) is 0 Å². The molecule has 1 atom stereocenters. The molecule has 0 radical (unpaired) electrons. The maximum atomic E-state index is 11.1. The molecule has 0 aliphatic rings. The van der Waals surface area contributed by atoms with E-state index in [0.717, 1.165) is 10.6 Å². The minimum Gasteiger partial charge on any atom is -0.496 e. The van der Waals surface area contributed by atoms with Crippen LogP contribution in [0.4, 0.5) is 5.69 Å². The van der Waals surface area contributed by atoms with E-state index in [1.54, 1.807) is 24.9 Å². The number of hydrogen-bond donors (Lipinski definition) is 1. The van der Waals surface area contributed by atoms with Gasteiger partial charge in [0, 0.05) is 21.9 Å². The van der Waals surface area contributed by atoms with Gasteiger partial charge in [-0.05, 0) is 12.1 Å². The third-order valence-corrected chi connectivity index (χ3v) is 3.36. The highest BCUT2D eigenvalue weighted by Crippen LogP contribution is 2.34. The summed E-state index contributed by atoms with van der Waals surface area (Å²) in [6.07, 6.45) is 0.370. The van der Waals surface area contributed by atoms with Crippen LogP contribution in [0.1, 0.15) is 13.3 Å². The third kappa shape index (κ3) is 4.19. The van der Waals surface area contributed by atoms with Crippen LogP contribution in [-0.4, -0.2) is 25.4 Å². The molecule has 0 bridgehead atoms. The Balaban J connectivity index is 2.70. The molecule has 94 valence electrons. The Hall–Kier alpha value is -1.36. The first-order valence-electron chi connectivity index (χ1n) is 5.23. The Labute approximate surface area is 105 Å². The van der Waals surface area contributed by atoms with Crippen LogP contribution >= 0.6 is 11.8 Å². The summed E-state index contributed by atoms with van der Waals surface area (Å²) < 4.78 is 9.87. The molecule has 0 saturated heterocycles. The number of benzene rings is 1. The summed E-state index contributed by atoms with van der Waals surface area (Å²) in [6.45, 7) is 1.97. The van der Waals surface area contributed by atoms with Crippen molar-refractivity contribution in [3.63, 3.8) is 0 Å². The fraction of sp³-hybridized carbons (Fsp3) is 0.417. The molecule has 0 aromatic heterocycles. The molecule has 0 saturated carbocycles. The topological polar surface area (TPSA) is 61.5 Å². The Morgan fingerprint density at radius 2 is 2.18 bits per heavy atom. The van der Waals surface area contributed by atoms with E-state index in [0.29, 0.717) is 12.1 Å². The molecule has 1 unspecified atom stereocenters. The first kappa shape index (κ1) is 13.7. The Bertz CT molecular complexity index is 395. The fourth-order valence-electron chi connectivity index (χ4n) is 1.36. The molecule has 0 amide bonds. The van der Waals surface area contributed by atoms with Gasteiger partial charge in [0.15, 0.2) is 0 Å². The van der Waals surface area contributed by atoms with Crippen LogP contribution in [0.5, 0.6) is 5.75 Å². The zero-order valence-corrected chi connectivity index (χ0v) is 11.0. The minimum absolute atomic E-state index is 0.125. The van der Waals surface area contributed by atoms with Crippen molar-refractivity contribution >= 4 is 23.4 Å². The van der Waals surface area contributed by atoms with Gasteiger partial charge in [-0.25, -0.2) is 0 Å². The first-order valence-corrected chi connectivity index (χ1v) is 6.11. The van der Waals surface area contributed by atoms with Crippen molar-refractivity contribution in [3.05, 3.63) is 18.2 Å². The molecule has 4 nitrogen and oxygen atoms in total. The van der Waals surface area contributed by atoms with Gasteiger partial charge in [-0.2, -0.15) is 0 Å². The summed E-state index contributed by atoms with van der Waals surface area (Å²) >= 11 is 1.57. The van der Waals surface area contributed by atoms with E-state index < -0.39 is 0 Å². The predicted octanol–water partition coefficient (Wildman–Crippen LogP) is 2.32. The molecule has 0 fully saturated rings. The average Bonchev–Trinajstić information content (AvgIpc) is 2.31. The number of rotatable bonds is 5. The number of thioether (sulfide) groups is 1. The number of carbonyl (C=O) groups is 1. The van der Waals surface area contributed by atoms with Gasteiger partial charge >= 0.3 is 5.97 Å². The number of hydrogen-bond acceptors (Lipinski definition) is 5. The maximum absolute atomic E-state index is 11.1. The number of carbonyl (C=O) groups excluding carboxylic acids is 1. The Morgan fingerprint density at radius 1 is 1.47 bits per heavy atom. The van der Waals surface area contributed by atoms with Crippen molar-refractivity contribution in [2.45, 2.75) is 23.5 Å². The lowest BCUT2D eigenvalue weighted by Crippen LogP contribution is -2.08. The molecule has 1 rings (SSSR count). The molecular weight excluding hydrogens is 238 g/mol. The number of nitrogens with two attached hydrogens (primary N) is 1. The smallest absolute Gasteiger partial charge is 0.306 e. The van der Waals surface area contributed by atoms with Crippen LogP contribution < -0.4 is 10.5 Å². The average molecular weight is 255 g/mol. The highest BCUT2D eigenvalue weighted by molar-refractivity contribution is 8.00. The lowest BCUT2D eigenvalue weighted by molar-refractivity contribution is -0.140. The number of methoxy groups -OCH3 is 2. The lowest BCUT2D eigenvalue weighted by atomic mass is 10.3. The van der Waals surface area contributed by atoms with Gasteiger partial charge < -0.3 is 15.2 Å². The lowest BCUT2D eigenvalue weighted by Gasteiger charge is -2.13. The quantitative estimate of drug-likeness (QED) is 0.497. The summed E-state index contributed by atoms with van der Waals surface area (Å²) in [6, 6.07) is 5.48. The van der Waals surface area contributed by atoms with Gasteiger partial charge in [-0.3, -0.25) is 4.79 Å². The van der Waals surface area contributed by atoms with Crippen LogP contribution in [0.2, 0.25) is 0 Å². The first-order chi connectivity index (χ1) is 8.06. The van der Waals surface area contributed by atoms with Crippen LogP contribution in [0.15, 0.2) is 23.1 Å². The monoisotopic (exact) mass is 255 g/mol. The number of nitrogen functional groups attached to an aromatic ring is 1. The van der Waals surface area contributed by atoms with Crippen LogP contribution in [0, 0.1) is 0 Å². The highest BCUT2D eigenvalue weighted by Gasteiger charge is 2.13. The summed E-state index contributed by atoms with van der Waals surface area (Å²) in [4.78, 5) is 12.1. The van der Waals surface area contributed by atoms with Crippen molar-refractivity contribution in [2.75, 3.05) is 20.0 Å². The van der Waals surface area contributed by atoms with Gasteiger partial charge in [0.05, 0.1) is 20.6 Å². The normalized spacial score (nSPS) is 11.9. The second-order valence-electron chi connectivity index (χ2n) is 3.62. The minimum atomic E-state index is -0.209. The van der Waals surface area contributed by atoms with Gasteiger partial charge in [-0.1, -0.05) is 6.92 Å². The summed E-state index contributed by atoms with van der Waals surface area (Å²) in [5.74, 6) is 0.520. The molecule has 5 heteroatoms. The van der Waals surface area contributed by atoms with Crippen molar-refractivity contribution in [1.29, 1.82) is 0 Å². The van der Waals surface area contributed by atoms with Gasteiger partial charge in [0.25, 0.3) is 0 Å². The molecule has 1 aromatic rings. The SMILES string of the molecule is COC(=O)CC(C)Sc1ccc(N)cc1OC. The molecule has 17 heavy (non-hydrogen) atoms. The predicted molar refractivity (Wildman–Crippen MR) is 69.4 cm³/mol. The molecule has 0 aliphatic heterocycles. The molecule has 2 N–H and O–H groups in total. The third-order valence-electron chi connectivity index (χ3n) is 2.20. The zero-order chi connectivity index (χ0) is 12.8. The summed E-state index contributed by atoms with van der Waals surface area (Å²) in [7, 11) is 2.99. The standard InChI is InChI=1S/C12H17NO3S/c1-8(6-12(14)16-3)17-11-5-4-9(13)7-10(11)15-2/h4-5,7-8H,6,13H2,1-3H3. The van der Waals surface area contributed by atoms with E-state index in [1.807, 2.05) is 19.1 Å².